The highest BCUT2D eigenvalue weighted by Crippen LogP contribution is 2.19. The van der Waals surface area contributed by atoms with Gasteiger partial charge in [0.05, 0.1) is 6.61 Å². The van der Waals surface area contributed by atoms with E-state index in [0.717, 1.165) is 31.5 Å². The SMILES string of the molecule is NC(=O)c1cccc(CN2CCC[C@H]2CO)c1. The van der Waals surface area contributed by atoms with Gasteiger partial charge >= 0.3 is 0 Å². The van der Waals surface area contributed by atoms with Crippen LogP contribution in [0.4, 0.5) is 0 Å². The van der Waals surface area contributed by atoms with Crippen LogP contribution in [-0.4, -0.2) is 35.1 Å². The van der Waals surface area contributed by atoms with Crippen LogP contribution < -0.4 is 5.73 Å². The summed E-state index contributed by atoms with van der Waals surface area (Å²) in [6.07, 6.45) is 2.17. The first-order chi connectivity index (χ1) is 8.20. The molecular formula is C13H18N2O2. The summed E-state index contributed by atoms with van der Waals surface area (Å²) in [6, 6.07) is 7.64. The molecule has 1 aliphatic heterocycles. The number of aliphatic hydroxyl groups is 1. The molecule has 0 unspecified atom stereocenters. The summed E-state index contributed by atoms with van der Waals surface area (Å²) in [7, 11) is 0. The molecule has 3 N–H and O–H groups in total. The highest BCUT2D eigenvalue weighted by Gasteiger charge is 2.23. The highest BCUT2D eigenvalue weighted by atomic mass is 16.3. The third-order valence-electron chi connectivity index (χ3n) is 3.31. The fourth-order valence-corrected chi connectivity index (χ4v) is 2.37. The lowest BCUT2D eigenvalue weighted by atomic mass is 10.1. The van der Waals surface area contributed by atoms with Crippen molar-refractivity contribution in [2.45, 2.75) is 25.4 Å². The standard InChI is InChI=1S/C13H18N2O2/c14-13(17)11-4-1-3-10(7-11)8-15-6-2-5-12(15)9-16/h1,3-4,7,12,16H,2,5-6,8-9H2,(H2,14,17)/t12-/m0/s1. The largest absolute Gasteiger partial charge is 0.395 e. The number of likely N-dealkylation sites (tertiary alicyclic amines) is 1. The maximum absolute atomic E-state index is 11.1. The number of benzene rings is 1. The van der Waals surface area contributed by atoms with Gasteiger partial charge in [-0.15, -0.1) is 0 Å². The fraction of sp³-hybridized carbons (Fsp3) is 0.462. The molecule has 1 heterocycles. The third kappa shape index (κ3) is 2.84. The van der Waals surface area contributed by atoms with Gasteiger partial charge < -0.3 is 10.8 Å². The van der Waals surface area contributed by atoms with Crippen LogP contribution in [0.3, 0.4) is 0 Å². The Kier molecular flexibility index (Phi) is 3.76. The van der Waals surface area contributed by atoms with E-state index in [-0.39, 0.29) is 12.6 Å². The van der Waals surface area contributed by atoms with Crippen LogP contribution in [-0.2, 0) is 6.54 Å². The lowest BCUT2D eigenvalue weighted by Gasteiger charge is -2.22. The monoisotopic (exact) mass is 234 g/mol. The molecular weight excluding hydrogens is 216 g/mol. The summed E-state index contributed by atoms with van der Waals surface area (Å²) in [5.74, 6) is -0.396. The van der Waals surface area contributed by atoms with E-state index in [1.165, 1.54) is 0 Å². The first-order valence-corrected chi connectivity index (χ1v) is 5.94. The van der Waals surface area contributed by atoms with Gasteiger partial charge in [-0.1, -0.05) is 12.1 Å². The fourth-order valence-electron chi connectivity index (χ4n) is 2.37. The molecule has 1 amide bonds. The van der Waals surface area contributed by atoms with Gasteiger partial charge in [-0.3, -0.25) is 9.69 Å². The molecule has 0 saturated carbocycles. The van der Waals surface area contributed by atoms with Gasteiger partial charge in [0.1, 0.15) is 0 Å². The zero-order chi connectivity index (χ0) is 12.3. The van der Waals surface area contributed by atoms with Crippen molar-refractivity contribution in [3.8, 4) is 0 Å². The quantitative estimate of drug-likeness (QED) is 0.807. The van der Waals surface area contributed by atoms with Crippen LogP contribution >= 0.6 is 0 Å². The molecule has 92 valence electrons. The molecule has 1 aromatic carbocycles. The average molecular weight is 234 g/mol. The molecule has 17 heavy (non-hydrogen) atoms. The number of hydrogen-bond donors (Lipinski definition) is 2. The van der Waals surface area contributed by atoms with Crippen molar-refractivity contribution in [2.75, 3.05) is 13.2 Å². The van der Waals surface area contributed by atoms with Crippen molar-refractivity contribution >= 4 is 5.91 Å². The highest BCUT2D eigenvalue weighted by molar-refractivity contribution is 5.92. The number of carbonyl (C=O) groups excluding carboxylic acids is 1. The van der Waals surface area contributed by atoms with Crippen molar-refractivity contribution < 1.29 is 9.90 Å². The van der Waals surface area contributed by atoms with E-state index in [1.54, 1.807) is 6.07 Å². The summed E-state index contributed by atoms with van der Waals surface area (Å²) >= 11 is 0. The number of carbonyl (C=O) groups is 1. The minimum atomic E-state index is -0.396. The Labute approximate surface area is 101 Å². The number of nitrogens with zero attached hydrogens (tertiary/aromatic N) is 1. The lowest BCUT2D eigenvalue weighted by molar-refractivity contribution is 0.1000. The van der Waals surface area contributed by atoms with E-state index in [0.29, 0.717) is 5.56 Å². The van der Waals surface area contributed by atoms with Crippen molar-refractivity contribution in [1.29, 1.82) is 0 Å². The summed E-state index contributed by atoms with van der Waals surface area (Å²) in [6.45, 7) is 1.98. The molecule has 0 spiro atoms. The van der Waals surface area contributed by atoms with E-state index in [2.05, 4.69) is 4.90 Å². The molecule has 0 radical (unpaired) electrons. The Morgan fingerprint density at radius 2 is 2.35 bits per heavy atom. The van der Waals surface area contributed by atoms with E-state index >= 15 is 0 Å². The number of amides is 1. The molecule has 4 nitrogen and oxygen atoms in total. The summed E-state index contributed by atoms with van der Waals surface area (Å²) in [4.78, 5) is 13.3. The van der Waals surface area contributed by atoms with Crippen molar-refractivity contribution in [3.63, 3.8) is 0 Å². The summed E-state index contributed by atoms with van der Waals surface area (Å²) < 4.78 is 0. The first kappa shape index (κ1) is 12.1. The van der Waals surface area contributed by atoms with Gasteiger partial charge in [-0.2, -0.15) is 0 Å². The van der Waals surface area contributed by atoms with E-state index in [9.17, 15) is 9.90 Å². The van der Waals surface area contributed by atoms with Crippen LogP contribution in [0, 0.1) is 0 Å². The molecule has 0 bridgehead atoms. The number of hydrogen-bond acceptors (Lipinski definition) is 3. The molecule has 0 aliphatic carbocycles. The topological polar surface area (TPSA) is 66.6 Å². The van der Waals surface area contributed by atoms with Crippen LogP contribution in [0.1, 0.15) is 28.8 Å². The third-order valence-corrected chi connectivity index (χ3v) is 3.31. The molecule has 1 fully saturated rings. The number of rotatable bonds is 4. The predicted molar refractivity (Wildman–Crippen MR) is 65.5 cm³/mol. The zero-order valence-corrected chi connectivity index (χ0v) is 9.80. The molecule has 0 aromatic heterocycles. The van der Waals surface area contributed by atoms with Crippen LogP contribution in [0.2, 0.25) is 0 Å². The van der Waals surface area contributed by atoms with Gasteiger partial charge in [0.15, 0.2) is 0 Å². The first-order valence-electron chi connectivity index (χ1n) is 5.94. The van der Waals surface area contributed by atoms with Crippen molar-refractivity contribution in [2.24, 2.45) is 5.73 Å². The molecule has 1 atom stereocenters. The van der Waals surface area contributed by atoms with Crippen molar-refractivity contribution in [3.05, 3.63) is 35.4 Å². The van der Waals surface area contributed by atoms with Gasteiger partial charge in [0, 0.05) is 18.2 Å². The van der Waals surface area contributed by atoms with E-state index in [4.69, 9.17) is 5.73 Å². The zero-order valence-electron chi connectivity index (χ0n) is 9.80. The summed E-state index contributed by atoms with van der Waals surface area (Å²) in [5.41, 5.74) is 6.87. The lowest BCUT2D eigenvalue weighted by Crippen LogP contribution is -2.31. The Bertz CT molecular complexity index is 406. The van der Waals surface area contributed by atoms with Gasteiger partial charge in [-0.05, 0) is 37.1 Å². The van der Waals surface area contributed by atoms with Crippen LogP contribution in [0.5, 0.6) is 0 Å². The Hall–Kier alpha value is -1.39. The average Bonchev–Trinajstić information content (AvgIpc) is 2.76. The van der Waals surface area contributed by atoms with Gasteiger partial charge in [-0.25, -0.2) is 0 Å². The summed E-state index contributed by atoms with van der Waals surface area (Å²) in [5, 5.41) is 9.24. The maximum atomic E-state index is 11.1. The molecule has 2 rings (SSSR count). The molecule has 1 saturated heterocycles. The Balaban J connectivity index is 2.07. The number of primary amides is 1. The minimum Gasteiger partial charge on any atom is -0.395 e. The second-order valence-electron chi connectivity index (χ2n) is 4.51. The Morgan fingerprint density at radius 3 is 3.06 bits per heavy atom. The molecule has 1 aromatic rings. The normalized spacial score (nSPS) is 20.6. The molecule has 4 heteroatoms. The minimum absolute atomic E-state index is 0.204. The number of aliphatic hydroxyl groups excluding tert-OH is 1. The smallest absolute Gasteiger partial charge is 0.248 e. The van der Waals surface area contributed by atoms with Gasteiger partial charge in [0.25, 0.3) is 0 Å². The second-order valence-corrected chi connectivity index (χ2v) is 4.51. The van der Waals surface area contributed by atoms with Crippen LogP contribution in [0.25, 0.3) is 0 Å². The van der Waals surface area contributed by atoms with Crippen LogP contribution in [0.15, 0.2) is 24.3 Å². The van der Waals surface area contributed by atoms with Crippen molar-refractivity contribution in [1.82, 2.24) is 4.90 Å². The second kappa shape index (κ2) is 5.29. The predicted octanol–water partition coefficient (Wildman–Crippen LogP) is 0.742. The van der Waals surface area contributed by atoms with E-state index in [1.807, 2.05) is 18.2 Å². The van der Waals surface area contributed by atoms with E-state index < -0.39 is 5.91 Å². The maximum Gasteiger partial charge on any atom is 0.248 e. The Morgan fingerprint density at radius 1 is 1.53 bits per heavy atom. The number of nitrogens with two attached hydrogens (primary N) is 1. The van der Waals surface area contributed by atoms with Gasteiger partial charge in [0.2, 0.25) is 5.91 Å². The molecule has 1 aliphatic rings.